The summed E-state index contributed by atoms with van der Waals surface area (Å²) < 4.78 is 0. The Balaban J connectivity index is 2.22. The van der Waals surface area contributed by atoms with Crippen LogP contribution < -0.4 is 5.32 Å². The van der Waals surface area contributed by atoms with Gasteiger partial charge in [0, 0.05) is 12.6 Å². The molecule has 2 rings (SSSR count). The van der Waals surface area contributed by atoms with E-state index in [1.807, 2.05) is 0 Å². The van der Waals surface area contributed by atoms with Crippen LogP contribution in [0.4, 0.5) is 0 Å². The van der Waals surface area contributed by atoms with E-state index in [4.69, 9.17) is 0 Å². The first-order valence-electron chi connectivity index (χ1n) is 6.80. The van der Waals surface area contributed by atoms with E-state index in [9.17, 15) is 0 Å². The average Bonchev–Trinajstić information content (AvgIpc) is 2.36. The minimum atomic E-state index is 0.514. The van der Waals surface area contributed by atoms with Crippen LogP contribution in [0.25, 0.3) is 0 Å². The van der Waals surface area contributed by atoms with Gasteiger partial charge >= 0.3 is 0 Å². The van der Waals surface area contributed by atoms with E-state index in [0.717, 1.165) is 26.2 Å². The van der Waals surface area contributed by atoms with Gasteiger partial charge in [0.15, 0.2) is 0 Å². The molecule has 94 valence electrons. The van der Waals surface area contributed by atoms with Gasteiger partial charge in [-0.25, -0.2) is 0 Å². The lowest BCUT2D eigenvalue weighted by Crippen LogP contribution is -2.39. The second kappa shape index (κ2) is 5.65. The summed E-state index contributed by atoms with van der Waals surface area (Å²) >= 11 is 0. The predicted octanol–water partition coefficient (Wildman–Crippen LogP) is 2.52. The fraction of sp³-hybridized carbons (Fsp3) is 0.600. The van der Waals surface area contributed by atoms with Crippen molar-refractivity contribution < 1.29 is 0 Å². The Labute approximate surface area is 105 Å². The van der Waals surface area contributed by atoms with Gasteiger partial charge in [-0.3, -0.25) is 0 Å². The molecule has 1 aliphatic rings. The summed E-state index contributed by atoms with van der Waals surface area (Å²) in [5, 5.41) is 3.67. The molecule has 0 radical (unpaired) electrons. The van der Waals surface area contributed by atoms with Crippen molar-refractivity contribution in [3.63, 3.8) is 0 Å². The zero-order valence-corrected chi connectivity index (χ0v) is 11.3. The molecule has 1 unspecified atom stereocenters. The maximum absolute atomic E-state index is 3.67. The van der Waals surface area contributed by atoms with Crippen LogP contribution >= 0.6 is 0 Å². The highest BCUT2D eigenvalue weighted by atomic mass is 15.1. The van der Waals surface area contributed by atoms with Crippen molar-refractivity contribution in [2.24, 2.45) is 0 Å². The normalized spacial score (nSPS) is 19.4. The zero-order valence-electron chi connectivity index (χ0n) is 11.3. The van der Waals surface area contributed by atoms with Crippen LogP contribution in [-0.2, 0) is 6.42 Å². The van der Waals surface area contributed by atoms with Crippen molar-refractivity contribution in [2.75, 3.05) is 26.2 Å². The zero-order chi connectivity index (χ0) is 12.3. The largest absolute Gasteiger partial charge is 0.309 e. The third-order valence-corrected chi connectivity index (χ3v) is 3.88. The predicted molar refractivity (Wildman–Crippen MR) is 73.4 cm³/mol. The Morgan fingerprint density at radius 2 is 2.06 bits per heavy atom. The number of rotatable bonds is 4. The minimum Gasteiger partial charge on any atom is -0.309 e. The highest BCUT2D eigenvalue weighted by molar-refractivity contribution is 5.39. The molecule has 1 aromatic rings. The third kappa shape index (κ3) is 2.70. The van der Waals surface area contributed by atoms with Gasteiger partial charge in [0.1, 0.15) is 0 Å². The molecular formula is C15H24N2. The lowest BCUT2D eigenvalue weighted by Gasteiger charge is -2.32. The lowest BCUT2D eigenvalue weighted by molar-refractivity contribution is 0.261. The highest BCUT2D eigenvalue weighted by Gasteiger charge is 2.22. The van der Waals surface area contributed by atoms with Gasteiger partial charge < -0.3 is 10.2 Å². The molecule has 0 spiro atoms. The molecule has 17 heavy (non-hydrogen) atoms. The Morgan fingerprint density at radius 1 is 1.29 bits per heavy atom. The topological polar surface area (TPSA) is 15.3 Å². The SMILES string of the molecule is CCN(CC)CC1NCCc2cccc(C)c21. The molecule has 0 fully saturated rings. The number of likely N-dealkylation sites (N-methyl/N-ethyl adjacent to an activating group) is 1. The van der Waals surface area contributed by atoms with Crippen LogP contribution in [0.5, 0.6) is 0 Å². The van der Waals surface area contributed by atoms with Crippen LogP contribution in [0, 0.1) is 6.92 Å². The molecule has 1 atom stereocenters. The molecule has 0 aliphatic carbocycles. The highest BCUT2D eigenvalue weighted by Crippen LogP contribution is 2.26. The molecule has 0 aromatic heterocycles. The van der Waals surface area contributed by atoms with Gasteiger partial charge in [0.25, 0.3) is 0 Å². The fourth-order valence-corrected chi connectivity index (χ4v) is 2.84. The second-order valence-electron chi connectivity index (χ2n) is 4.89. The number of nitrogens with zero attached hydrogens (tertiary/aromatic N) is 1. The van der Waals surface area contributed by atoms with E-state index >= 15 is 0 Å². The minimum absolute atomic E-state index is 0.514. The Bertz CT molecular complexity index is 369. The molecule has 0 bridgehead atoms. The number of nitrogens with one attached hydrogen (secondary N) is 1. The van der Waals surface area contributed by atoms with Gasteiger partial charge in [-0.15, -0.1) is 0 Å². The summed E-state index contributed by atoms with van der Waals surface area (Å²) in [5.74, 6) is 0. The smallest absolute Gasteiger partial charge is 0.0454 e. The van der Waals surface area contributed by atoms with Crippen LogP contribution in [-0.4, -0.2) is 31.1 Å². The molecule has 2 nitrogen and oxygen atoms in total. The van der Waals surface area contributed by atoms with Crippen LogP contribution in [0.2, 0.25) is 0 Å². The summed E-state index contributed by atoms with van der Waals surface area (Å²) in [6, 6.07) is 7.23. The molecule has 0 amide bonds. The summed E-state index contributed by atoms with van der Waals surface area (Å²) in [6.07, 6.45) is 1.17. The monoisotopic (exact) mass is 232 g/mol. The Morgan fingerprint density at radius 3 is 2.76 bits per heavy atom. The maximum Gasteiger partial charge on any atom is 0.0454 e. The molecule has 1 heterocycles. The van der Waals surface area contributed by atoms with Crippen molar-refractivity contribution >= 4 is 0 Å². The van der Waals surface area contributed by atoms with Gasteiger partial charge in [-0.05, 0) is 49.7 Å². The van der Waals surface area contributed by atoms with Crippen molar-refractivity contribution in [1.82, 2.24) is 10.2 Å². The van der Waals surface area contributed by atoms with E-state index in [-0.39, 0.29) is 0 Å². The fourth-order valence-electron chi connectivity index (χ4n) is 2.84. The Hall–Kier alpha value is -0.860. The summed E-state index contributed by atoms with van der Waals surface area (Å²) in [4.78, 5) is 2.50. The van der Waals surface area contributed by atoms with Crippen molar-refractivity contribution in [3.8, 4) is 0 Å². The number of hydrogen-bond donors (Lipinski definition) is 1. The molecule has 1 N–H and O–H groups in total. The molecule has 1 aromatic carbocycles. The van der Waals surface area contributed by atoms with E-state index in [1.54, 1.807) is 11.1 Å². The van der Waals surface area contributed by atoms with Crippen molar-refractivity contribution in [2.45, 2.75) is 33.2 Å². The van der Waals surface area contributed by atoms with Gasteiger partial charge in [-0.2, -0.15) is 0 Å². The Kier molecular flexibility index (Phi) is 4.19. The maximum atomic E-state index is 3.67. The van der Waals surface area contributed by atoms with Gasteiger partial charge in [-0.1, -0.05) is 32.0 Å². The number of fused-ring (bicyclic) bond motifs is 1. The van der Waals surface area contributed by atoms with Gasteiger partial charge in [0.2, 0.25) is 0 Å². The van der Waals surface area contributed by atoms with Crippen molar-refractivity contribution in [3.05, 3.63) is 34.9 Å². The van der Waals surface area contributed by atoms with E-state index < -0.39 is 0 Å². The molecule has 1 aliphatic heterocycles. The van der Waals surface area contributed by atoms with E-state index in [1.165, 1.54) is 12.0 Å². The number of hydrogen-bond acceptors (Lipinski definition) is 2. The summed E-state index contributed by atoms with van der Waals surface area (Å²) in [5.41, 5.74) is 4.53. The first kappa shape index (κ1) is 12.6. The van der Waals surface area contributed by atoms with E-state index in [0.29, 0.717) is 6.04 Å². The van der Waals surface area contributed by atoms with Crippen LogP contribution in [0.1, 0.15) is 36.6 Å². The van der Waals surface area contributed by atoms with E-state index in [2.05, 4.69) is 49.2 Å². The third-order valence-electron chi connectivity index (χ3n) is 3.88. The summed E-state index contributed by atoms with van der Waals surface area (Å²) in [6.45, 7) is 11.2. The first-order chi connectivity index (χ1) is 8.26. The quantitative estimate of drug-likeness (QED) is 0.858. The summed E-state index contributed by atoms with van der Waals surface area (Å²) in [7, 11) is 0. The molecule has 0 saturated heterocycles. The number of aryl methyl sites for hydroxylation is 1. The van der Waals surface area contributed by atoms with Crippen LogP contribution in [0.3, 0.4) is 0 Å². The second-order valence-corrected chi connectivity index (χ2v) is 4.89. The van der Waals surface area contributed by atoms with Crippen molar-refractivity contribution in [1.29, 1.82) is 0 Å². The lowest BCUT2D eigenvalue weighted by atomic mass is 9.90. The molecule has 0 saturated carbocycles. The average molecular weight is 232 g/mol. The number of benzene rings is 1. The first-order valence-corrected chi connectivity index (χ1v) is 6.80. The molecular weight excluding hydrogens is 208 g/mol. The molecule has 2 heteroatoms. The van der Waals surface area contributed by atoms with Crippen LogP contribution in [0.15, 0.2) is 18.2 Å². The van der Waals surface area contributed by atoms with Gasteiger partial charge in [0.05, 0.1) is 0 Å². The standard InChI is InChI=1S/C15H24N2/c1-4-17(5-2)11-14-15-12(3)7-6-8-13(15)9-10-16-14/h6-8,14,16H,4-5,9-11H2,1-3H3.